The van der Waals surface area contributed by atoms with Gasteiger partial charge in [-0.2, -0.15) is 0 Å². The van der Waals surface area contributed by atoms with Crippen LogP contribution in [0.5, 0.6) is 0 Å². The molecular formula is C17H12BF5O3. The molecule has 0 amide bonds. The lowest BCUT2D eigenvalue weighted by Gasteiger charge is -2.19. The molecule has 0 atom stereocenters. The summed E-state index contributed by atoms with van der Waals surface area (Å²) < 4.78 is 72.4. The first-order chi connectivity index (χ1) is 12.0. The maximum absolute atomic E-state index is 13.7. The Hall–Kier alpha value is -2.26. The Morgan fingerprint density at radius 1 is 1.04 bits per heavy atom. The van der Waals surface area contributed by atoms with Crippen molar-refractivity contribution in [1.29, 1.82) is 0 Å². The Morgan fingerprint density at radius 2 is 1.58 bits per heavy atom. The maximum Gasteiger partial charge on any atom is 0.492 e. The summed E-state index contributed by atoms with van der Waals surface area (Å²) in [6, 6.07) is 4.44. The van der Waals surface area contributed by atoms with Crippen molar-refractivity contribution >= 4 is 18.4 Å². The molecule has 0 radical (unpaired) electrons. The molecule has 26 heavy (non-hydrogen) atoms. The molecule has 9 heteroatoms. The van der Waals surface area contributed by atoms with Crippen molar-refractivity contribution < 1.29 is 36.4 Å². The van der Waals surface area contributed by atoms with Crippen molar-refractivity contribution in [2.45, 2.75) is 25.9 Å². The highest BCUT2D eigenvalue weighted by Crippen LogP contribution is 2.30. The molecule has 0 saturated heterocycles. The molecular weight excluding hydrogens is 358 g/mol. The fourth-order valence-corrected chi connectivity index (χ4v) is 3.00. The molecule has 0 unspecified atom stereocenters. The highest BCUT2D eigenvalue weighted by atomic mass is 19.2. The molecule has 1 aliphatic heterocycles. The van der Waals surface area contributed by atoms with E-state index in [4.69, 9.17) is 4.65 Å². The molecule has 3 nitrogen and oxygen atoms in total. The highest BCUT2D eigenvalue weighted by molar-refractivity contribution is 6.62. The number of rotatable bonds is 3. The minimum Gasteiger partial charge on any atom is -0.423 e. The van der Waals surface area contributed by atoms with Crippen LogP contribution in [0, 0.1) is 29.1 Å². The number of Topliss-reactive ketones (excluding diaryl/α,β-unsaturated/α-hetero) is 1. The zero-order chi connectivity index (χ0) is 19.4. The van der Waals surface area contributed by atoms with E-state index in [1.165, 1.54) is 12.1 Å². The van der Waals surface area contributed by atoms with Crippen molar-refractivity contribution in [2.75, 3.05) is 0 Å². The summed E-state index contributed by atoms with van der Waals surface area (Å²) in [5.41, 5.74) is -0.981. The van der Waals surface area contributed by atoms with E-state index < -0.39 is 59.6 Å². The topological polar surface area (TPSA) is 46.5 Å². The minimum atomic E-state index is -2.32. The standard InChI is InChI=1S/C17H12BF5O3/c1-17(2)8-4-3-7(5-9(8)18(25)26-17)6-10(24)11-12(19)14(21)16(23)15(22)13(11)20/h3-5,25H,6H2,1-2H3. The predicted octanol–water partition coefficient (Wildman–Crippen LogP) is 2.76. The van der Waals surface area contributed by atoms with Crippen LogP contribution >= 0.6 is 0 Å². The lowest BCUT2D eigenvalue weighted by atomic mass is 9.77. The average molecular weight is 370 g/mol. The molecule has 2 aromatic rings. The Bertz CT molecular complexity index is 900. The summed E-state index contributed by atoms with van der Waals surface area (Å²) in [4.78, 5) is 12.2. The smallest absolute Gasteiger partial charge is 0.423 e. The molecule has 1 N–H and O–H groups in total. The number of ketones is 1. The molecule has 1 heterocycles. The molecule has 1 aliphatic rings. The molecule has 0 aliphatic carbocycles. The van der Waals surface area contributed by atoms with E-state index in [9.17, 15) is 31.8 Å². The fourth-order valence-electron chi connectivity index (χ4n) is 3.00. The van der Waals surface area contributed by atoms with Gasteiger partial charge in [0.2, 0.25) is 5.82 Å². The third kappa shape index (κ3) is 2.81. The Labute approximate surface area is 145 Å². The normalized spacial score (nSPS) is 15.3. The molecule has 0 fully saturated rings. The lowest BCUT2D eigenvalue weighted by Crippen LogP contribution is -2.29. The summed E-state index contributed by atoms with van der Waals surface area (Å²) in [6.07, 6.45) is -0.612. The minimum absolute atomic E-state index is 0.234. The first-order valence-corrected chi connectivity index (χ1v) is 7.58. The van der Waals surface area contributed by atoms with Gasteiger partial charge in [0.05, 0.1) is 11.2 Å². The number of hydrogen-bond acceptors (Lipinski definition) is 3. The number of carbonyl (C=O) groups excluding carboxylic acids is 1. The van der Waals surface area contributed by atoms with Crippen LogP contribution in [0.2, 0.25) is 0 Å². The van der Waals surface area contributed by atoms with E-state index >= 15 is 0 Å². The van der Waals surface area contributed by atoms with Crippen LogP contribution in [0.15, 0.2) is 18.2 Å². The predicted molar refractivity (Wildman–Crippen MR) is 82.4 cm³/mol. The Morgan fingerprint density at radius 3 is 2.15 bits per heavy atom. The van der Waals surface area contributed by atoms with Crippen LogP contribution in [0.25, 0.3) is 0 Å². The third-order valence-corrected chi connectivity index (χ3v) is 4.29. The third-order valence-electron chi connectivity index (χ3n) is 4.29. The first-order valence-electron chi connectivity index (χ1n) is 7.58. The van der Waals surface area contributed by atoms with E-state index in [1.54, 1.807) is 19.9 Å². The van der Waals surface area contributed by atoms with Crippen LogP contribution in [0.4, 0.5) is 22.0 Å². The average Bonchev–Trinajstić information content (AvgIpc) is 2.80. The number of hydrogen-bond donors (Lipinski definition) is 1. The summed E-state index contributed by atoms with van der Waals surface area (Å²) in [5.74, 6) is -12.3. The van der Waals surface area contributed by atoms with Gasteiger partial charge in [-0.25, -0.2) is 22.0 Å². The van der Waals surface area contributed by atoms with E-state index in [0.29, 0.717) is 11.0 Å². The van der Waals surface area contributed by atoms with Gasteiger partial charge in [-0.05, 0) is 30.4 Å². The van der Waals surface area contributed by atoms with Crippen molar-refractivity contribution in [2.24, 2.45) is 0 Å². The van der Waals surface area contributed by atoms with Crippen molar-refractivity contribution in [3.05, 3.63) is 64.0 Å². The van der Waals surface area contributed by atoms with Crippen LogP contribution in [0.1, 0.15) is 35.3 Å². The largest absolute Gasteiger partial charge is 0.492 e. The quantitative estimate of drug-likeness (QED) is 0.297. The molecule has 0 saturated carbocycles. The van der Waals surface area contributed by atoms with Crippen LogP contribution < -0.4 is 5.46 Å². The molecule has 0 aromatic heterocycles. The van der Waals surface area contributed by atoms with Crippen molar-refractivity contribution in [1.82, 2.24) is 0 Å². The highest BCUT2D eigenvalue weighted by Gasteiger charge is 2.40. The van der Waals surface area contributed by atoms with Crippen LogP contribution in [-0.4, -0.2) is 17.9 Å². The van der Waals surface area contributed by atoms with Gasteiger partial charge >= 0.3 is 7.12 Å². The first kappa shape index (κ1) is 18.5. The second-order valence-corrected chi connectivity index (χ2v) is 6.45. The zero-order valence-electron chi connectivity index (χ0n) is 13.7. The molecule has 2 aromatic carbocycles. The lowest BCUT2D eigenvalue weighted by molar-refractivity contribution is 0.0980. The second kappa shape index (κ2) is 6.17. The SMILES string of the molecule is CC1(C)OB(O)c2cc(CC(=O)c3c(F)c(F)c(F)c(F)c3F)ccc21. The van der Waals surface area contributed by atoms with E-state index in [0.717, 1.165) is 0 Å². The number of halogens is 5. The van der Waals surface area contributed by atoms with Gasteiger partial charge in [-0.1, -0.05) is 18.2 Å². The second-order valence-electron chi connectivity index (χ2n) is 6.45. The summed E-state index contributed by atoms with van der Waals surface area (Å²) in [5, 5.41) is 9.92. The van der Waals surface area contributed by atoms with Gasteiger partial charge in [0, 0.05) is 6.42 Å². The van der Waals surface area contributed by atoms with Gasteiger partial charge in [0.15, 0.2) is 29.1 Å². The van der Waals surface area contributed by atoms with Gasteiger partial charge in [0.25, 0.3) is 0 Å². The van der Waals surface area contributed by atoms with Crippen LogP contribution in [0.3, 0.4) is 0 Å². The maximum atomic E-state index is 13.7. The molecule has 0 spiro atoms. The van der Waals surface area contributed by atoms with E-state index in [2.05, 4.69) is 0 Å². The van der Waals surface area contributed by atoms with E-state index in [-0.39, 0.29) is 5.56 Å². The summed E-state index contributed by atoms with van der Waals surface area (Å²) in [7, 11) is -1.25. The van der Waals surface area contributed by atoms with Gasteiger partial charge in [-0.15, -0.1) is 0 Å². The zero-order valence-corrected chi connectivity index (χ0v) is 13.7. The van der Waals surface area contributed by atoms with Crippen molar-refractivity contribution in [3.63, 3.8) is 0 Å². The number of benzene rings is 2. The van der Waals surface area contributed by atoms with Gasteiger partial charge in [-0.3, -0.25) is 4.79 Å². The summed E-state index contributed by atoms with van der Waals surface area (Å²) in [6.45, 7) is 3.45. The van der Waals surface area contributed by atoms with Gasteiger partial charge < -0.3 is 9.68 Å². The number of fused-ring (bicyclic) bond motifs is 1. The molecule has 3 rings (SSSR count). The molecule has 0 bridgehead atoms. The van der Waals surface area contributed by atoms with Crippen molar-refractivity contribution in [3.8, 4) is 0 Å². The van der Waals surface area contributed by atoms with E-state index in [1.807, 2.05) is 0 Å². The Balaban J connectivity index is 1.97. The van der Waals surface area contributed by atoms with Gasteiger partial charge in [0.1, 0.15) is 0 Å². The monoisotopic (exact) mass is 370 g/mol. The van der Waals surface area contributed by atoms with Crippen LogP contribution in [-0.2, 0) is 16.7 Å². The Kier molecular flexibility index (Phi) is 4.40. The summed E-state index contributed by atoms with van der Waals surface area (Å²) >= 11 is 0. The fraction of sp³-hybridized carbons (Fsp3) is 0.235. The number of carbonyl (C=O) groups is 1. The molecule has 136 valence electrons.